The van der Waals surface area contributed by atoms with Crippen LogP contribution in [0.5, 0.6) is 0 Å². The Kier molecular flexibility index (Phi) is 6.20. The molecule has 0 saturated carbocycles. The molecule has 2 N–H and O–H groups in total. The molecule has 3 rings (SSSR count). The molecule has 1 saturated heterocycles. The predicted molar refractivity (Wildman–Crippen MR) is 99.4 cm³/mol. The summed E-state index contributed by atoms with van der Waals surface area (Å²) in [4.78, 5) is 14.3. The van der Waals surface area contributed by atoms with Crippen molar-refractivity contribution in [3.05, 3.63) is 65.5 Å². The summed E-state index contributed by atoms with van der Waals surface area (Å²) in [6.45, 7) is 6.00. The quantitative estimate of drug-likeness (QED) is 0.863. The van der Waals surface area contributed by atoms with Crippen molar-refractivity contribution in [3.63, 3.8) is 0 Å². The number of nitrogens with one attached hydrogen (secondary N) is 2. The minimum Gasteiger partial charge on any atom is -0.376 e. The molecule has 138 valence electrons. The van der Waals surface area contributed by atoms with Crippen LogP contribution in [0, 0.1) is 5.82 Å². The van der Waals surface area contributed by atoms with Gasteiger partial charge in [0.2, 0.25) is 0 Å². The second kappa shape index (κ2) is 8.78. The molecule has 26 heavy (non-hydrogen) atoms. The average Bonchev–Trinajstić information content (AvgIpc) is 2.60. The van der Waals surface area contributed by atoms with Crippen molar-refractivity contribution < 1.29 is 13.9 Å². The van der Waals surface area contributed by atoms with Gasteiger partial charge < -0.3 is 15.4 Å². The summed E-state index contributed by atoms with van der Waals surface area (Å²) in [6, 6.07) is 13.6. The van der Waals surface area contributed by atoms with E-state index in [1.54, 1.807) is 12.1 Å². The van der Waals surface area contributed by atoms with Crippen molar-refractivity contribution in [1.29, 1.82) is 0 Å². The van der Waals surface area contributed by atoms with Crippen LogP contribution in [0.2, 0.25) is 0 Å². The molecule has 1 unspecified atom stereocenters. The zero-order chi connectivity index (χ0) is 18.4. The topological polar surface area (TPSA) is 53.6 Å². The van der Waals surface area contributed by atoms with Crippen molar-refractivity contribution in [1.82, 2.24) is 10.2 Å². The number of hydrogen-bond donors (Lipinski definition) is 2. The Bertz CT molecular complexity index is 753. The van der Waals surface area contributed by atoms with Gasteiger partial charge in [0.15, 0.2) is 0 Å². The first-order valence-electron chi connectivity index (χ1n) is 8.81. The maximum absolute atomic E-state index is 13.1. The summed E-state index contributed by atoms with van der Waals surface area (Å²) < 4.78 is 18.7. The Morgan fingerprint density at radius 1 is 1.23 bits per heavy atom. The van der Waals surface area contributed by atoms with E-state index < -0.39 is 0 Å². The first-order valence-corrected chi connectivity index (χ1v) is 8.81. The number of carbonyl (C=O) groups excluding carboxylic acids is 1. The first-order chi connectivity index (χ1) is 12.6. The molecule has 0 radical (unpaired) electrons. The van der Waals surface area contributed by atoms with Gasteiger partial charge in [-0.3, -0.25) is 4.90 Å². The molecule has 1 aliphatic heterocycles. The number of morpholine rings is 1. The van der Waals surface area contributed by atoms with Crippen molar-refractivity contribution in [2.75, 3.05) is 25.0 Å². The summed E-state index contributed by atoms with van der Waals surface area (Å²) >= 11 is 0. The molecule has 1 fully saturated rings. The minimum atomic E-state index is -0.382. The lowest BCUT2D eigenvalue weighted by Crippen LogP contribution is -2.40. The lowest BCUT2D eigenvalue weighted by Gasteiger charge is -2.31. The van der Waals surface area contributed by atoms with Crippen molar-refractivity contribution in [2.24, 2.45) is 0 Å². The van der Waals surface area contributed by atoms with E-state index in [1.165, 1.54) is 17.7 Å². The van der Waals surface area contributed by atoms with Crippen molar-refractivity contribution in [3.8, 4) is 0 Å². The highest BCUT2D eigenvalue weighted by Gasteiger charge is 2.16. The van der Waals surface area contributed by atoms with Gasteiger partial charge in [-0.05, 0) is 36.2 Å². The maximum Gasteiger partial charge on any atom is 0.319 e. The van der Waals surface area contributed by atoms with Crippen LogP contribution in [0.3, 0.4) is 0 Å². The highest BCUT2D eigenvalue weighted by molar-refractivity contribution is 5.89. The zero-order valence-corrected chi connectivity index (χ0v) is 14.9. The highest BCUT2D eigenvalue weighted by Crippen LogP contribution is 2.12. The van der Waals surface area contributed by atoms with E-state index in [4.69, 9.17) is 4.74 Å². The summed E-state index contributed by atoms with van der Waals surface area (Å²) in [5.41, 5.74) is 2.67. The number of anilines is 1. The van der Waals surface area contributed by atoms with Crippen LogP contribution in [0.4, 0.5) is 14.9 Å². The molecule has 6 heteroatoms. The van der Waals surface area contributed by atoms with Gasteiger partial charge in [0.25, 0.3) is 0 Å². The zero-order valence-electron chi connectivity index (χ0n) is 14.9. The van der Waals surface area contributed by atoms with Gasteiger partial charge in [-0.2, -0.15) is 0 Å². The normalized spacial score (nSPS) is 17.7. The predicted octanol–water partition coefficient (Wildman–Crippen LogP) is 3.37. The van der Waals surface area contributed by atoms with Gasteiger partial charge in [-0.15, -0.1) is 0 Å². The number of ether oxygens (including phenoxy) is 1. The van der Waals surface area contributed by atoms with Gasteiger partial charge in [0.1, 0.15) is 5.82 Å². The molecule has 1 atom stereocenters. The Labute approximate surface area is 153 Å². The minimum absolute atomic E-state index is 0.264. The fourth-order valence-electron chi connectivity index (χ4n) is 3.05. The van der Waals surface area contributed by atoms with Gasteiger partial charge in [-0.25, -0.2) is 9.18 Å². The van der Waals surface area contributed by atoms with Crippen LogP contribution in [-0.4, -0.2) is 36.7 Å². The maximum atomic E-state index is 13.1. The SMILES string of the molecule is CC1CN(Cc2cccc(CNC(=O)Nc3cccc(F)c3)c2)CCO1. The molecule has 2 aromatic rings. The lowest BCUT2D eigenvalue weighted by atomic mass is 10.1. The number of amides is 2. The van der Waals surface area contributed by atoms with Crippen molar-refractivity contribution in [2.45, 2.75) is 26.1 Å². The second-order valence-corrected chi connectivity index (χ2v) is 6.55. The Hall–Kier alpha value is -2.44. The molecule has 1 aliphatic rings. The Morgan fingerprint density at radius 3 is 2.85 bits per heavy atom. The molecule has 1 heterocycles. The van der Waals surface area contributed by atoms with Crippen LogP contribution in [0.25, 0.3) is 0 Å². The van der Waals surface area contributed by atoms with Crippen LogP contribution in [-0.2, 0) is 17.8 Å². The van der Waals surface area contributed by atoms with Gasteiger partial charge in [0, 0.05) is 31.9 Å². The monoisotopic (exact) mass is 357 g/mol. The fourth-order valence-corrected chi connectivity index (χ4v) is 3.05. The fraction of sp³-hybridized carbons (Fsp3) is 0.350. The van der Waals surface area contributed by atoms with Gasteiger partial charge in [0.05, 0.1) is 12.7 Å². The molecular weight excluding hydrogens is 333 g/mol. The van der Waals surface area contributed by atoms with Crippen LogP contribution in [0.1, 0.15) is 18.1 Å². The van der Waals surface area contributed by atoms with Gasteiger partial charge in [-0.1, -0.05) is 30.3 Å². The third-order valence-corrected chi connectivity index (χ3v) is 4.26. The first kappa shape index (κ1) is 18.4. The van der Waals surface area contributed by atoms with E-state index in [0.717, 1.165) is 31.8 Å². The summed E-state index contributed by atoms with van der Waals surface area (Å²) in [5, 5.41) is 5.42. The molecule has 0 aromatic heterocycles. The molecule has 2 amide bonds. The molecule has 2 aromatic carbocycles. The molecule has 0 aliphatic carbocycles. The molecule has 0 spiro atoms. The number of urea groups is 1. The highest BCUT2D eigenvalue weighted by atomic mass is 19.1. The van der Waals surface area contributed by atoms with Crippen molar-refractivity contribution >= 4 is 11.7 Å². The smallest absolute Gasteiger partial charge is 0.319 e. The lowest BCUT2D eigenvalue weighted by molar-refractivity contribution is -0.0212. The molecular formula is C20H24FN3O2. The number of nitrogens with zero attached hydrogens (tertiary/aromatic N) is 1. The average molecular weight is 357 g/mol. The number of rotatable bonds is 5. The van der Waals surface area contributed by atoms with Crippen LogP contribution >= 0.6 is 0 Å². The third kappa shape index (κ3) is 5.54. The van der Waals surface area contributed by atoms with E-state index >= 15 is 0 Å². The van der Waals surface area contributed by atoms with E-state index in [2.05, 4.69) is 34.6 Å². The van der Waals surface area contributed by atoms with E-state index in [0.29, 0.717) is 12.2 Å². The number of benzene rings is 2. The van der Waals surface area contributed by atoms with Gasteiger partial charge >= 0.3 is 6.03 Å². The summed E-state index contributed by atoms with van der Waals surface area (Å²) in [7, 11) is 0. The third-order valence-electron chi connectivity index (χ3n) is 4.26. The largest absolute Gasteiger partial charge is 0.376 e. The van der Waals surface area contributed by atoms with Crippen LogP contribution < -0.4 is 10.6 Å². The van der Waals surface area contributed by atoms with E-state index in [9.17, 15) is 9.18 Å². The summed E-state index contributed by atoms with van der Waals surface area (Å²) in [6.07, 6.45) is 0.264. The number of carbonyl (C=O) groups is 1. The molecule has 0 bridgehead atoms. The van der Waals surface area contributed by atoms with E-state index in [-0.39, 0.29) is 18.0 Å². The second-order valence-electron chi connectivity index (χ2n) is 6.55. The van der Waals surface area contributed by atoms with E-state index in [1.807, 2.05) is 12.1 Å². The number of hydrogen-bond acceptors (Lipinski definition) is 3. The van der Waals surface area contributed by atoms with Crippen LogP contribution in [0.15, 0.2) is 48.5 Å². The Balaban J connectivity index is 1.51. The number of halogens is 1. The standard InChI is InChI=1S/C20H24FN3O2/c1-15-13-24(8-9-26-15)14-17-5-2-4-16(10-17)12-22-20(25)23-19-7-3-6-18(21)11-19/h2-7,10-11,15H,8-9,12-14H2,1H3,(H2,22,23,25). The Morgan fingerprint density at radius 2 is 2.04 bits per heavy atom. The molecule has 5 nitrogen and oxygen atoms in total. The summed E-state index contributed by atoms with van der Waals surface area (Å²) in [5.74, 6) is -0.382.